The summed E-state index contributed by atoms with van der Waals surface area (Å²) >= 11 is 3.17. The fraction of sp³-hybridized carbons (Fsp3) is 0.588. The van der Waals surface area contributed by atoms with E-state index in [2.05, 4.69) is 21.2 Å². The molecule has 0 aromatic heterocycles. The van der Waals surface area contributed by atoms with E-state index in [9.17, 15) is 13.6 Å². The fourth-order valence-corrected chi connectivity index (χ4v) is 3.15. The number of carbonyl (C=O) groups excluding carboxylic acids is 1. The average molecular weight is 405 g/mol. The van der Waals surface area contributed by atoms with Crippen LogP contribution in [0.5, 0.6) is 0 Å². The average Bonchev–Trinajstić information content (AvgIpc) is 2.45. The number of amides is 1. The topological polar surface area (TPSA) is 41.6 Å². The van der Waals surface area contributed by atoms with Gasteiger partial charge in [0.2, 0.25) is 0 Å². The number of hydrogen-bond acceptors (Lipinski definition) is 3. The molecule has 0 aliphatic carbocycles. The summed E-state index contributed by atoms with van der Waals surface area (Å²) in [6, 6.07) is 2.09. The molecular formula is C17H23BrF2N2O2. The lowest BCUT2D eigenvalue weighted by molar-refractivity contribution is 0.0188. The van der Waals surface area contributed by atoms with E-state index in [0.717, 1.165) is 18.9 Å². The molecule has 1 aliphatic heterocycles. The maximum Gasteiger partial charge on any atom is 0.410 e. The predicted octanol–water partition coefficient (Wildman–Crippen LogP) is 4.79. The fourth-order valence-electron chi connectivity index (χ4n) is 2.60. The molecule has 24 heavy (non-hydrogen) atoms. The van der Waals surface area contributed by atoms with Gasteiger partial charge < -0.3 is 15.0 Å². The van der Waals surface area contributed by atoms with Crippen molar-refractivity contribution in [3.63, 3.8) is 0 Å². The minimum atomic E-state index is -0.618. The maximum atomic E-state index is 13.8. The number of anilines is 1. The van der Waals surface area contributed by atoms with Crippen molar-refractivity contribution >= 4 is 27.7 Å². The summed E-state index contributed by atoms with van der Waals surface area (Å²) in [4.78, 5) is 13.7. The number of piperidine rings is 1. The maximum absolute atomic E-state index is 13.8. The molecule has 1 aliphatic rings. The third-order valence-corrected chi connectivity index (χ3v) is 4.47. The first-order valence-corrected chi connectivity index (χ1v) is 8.81. The summed E-state index contributed by atoms with van der Waals surface area (Å²) in [5.74, 6) is -0.913. The highest BCUT2D eigenvalue weighted by atomic mass is 79.9. The van der Waals surface area contributed by atoms with Crippen molar-refractivity contribution in [3.8, 4) is 0 Å². The number of hydrogen-bond donors (Lipinski definition) is 1. The molecule has 1 aromatic carbocycles. The molecule has 2 rings (SSSR count). The Morgan fingerprint density at radius 2 is 1.96 bits per heavy atom. The number of nitrogens with zero attached hydrogens (tertiary/aromatic N) is 1. The van der Waals surface area contributed by atoms with Gasteiger partial charge in [0.05, 0.1) is 5.69 Å². The molecule has 7 heteroatoms. The standard InChI is InChI=1S/C17H23BrF2N2O2/c1-17(2,3)24-16(23)22-6-4-11(5-7-22)10-21-15-13(18)8-12(19)9-14(15)20/h8-9,11,21H,4-7,10H2,1-3H3. The smallest absolute Gasteiger partial charge is 0.410 e. The zero-order chi connectivity index (χ0) is 17.9. The van der Waals surface area contributed by atoms with Crippen LogP contribution in [0.15, 0.2) is 16.6 Å². The van der Waals surface area contributed by atoms with Gasteiger partial charge >= 0.3 is 6.09 Å². The summed E-state index contributed by atoms with van der Waals surface area (Å²) in [6.07, 6.45) is 1.33. The van der Waals surface area contributed by atoms with Gasteiger partial charge in [-0.15, -0.1) is 0 Å². The van der Waals surface area contributed by atoms with E-state index in [-0.39, 0.29) is 11.8 Å². The summed E-state index contributed by atoms with van der Waals surface area (Å²) in [5, 5.41) is 3.04. The van der Waals surface area contributed by atoms with Crippen LogP contribution >= 0.6 is 15.9 Å². The van der Waals surface area contributed by atoms with Crippen LogP contribution in [0.4, 0.5) is 19.3 Å². The molecule has 1 saturated heterocycles. The van der Waals surface area contributed by atoms with Crippen molar-refractivity contribution in [2.24, 2.45) is 5.92 Å². The van der Waals surface area contributed by atoms with Gasteiger partial charge in [-0.3, -0.25) is 0 Å². The largest absolute Gasteiger partial charge is 0.444 e. The molecule has 1 aromatic rings. The van der Waals surface area contributed by atoms with E-state index in [1.807, 2.05) is 20.8 Å². The van der Waals surface area contributed by atoms with Crippen molar-refractivity contribution in [1.82, 2.24) is 4.90 Å². The number of carbonyl (C=O) groups is 1. The molecule has 1 N–H and O–H groups in total. The highest BCUT2D eigenvalue weighted by molar-refractivity contribution is 9.10. The van der Waals surface area contributed by atoms with Gasteiger partial charge in [0.15, 0.2) is 0 Å². The predicted molar refractivity (Wildman–Crippen MR) is 93.1 cm³/mol. The molecular weight excluding hydrogens is 382 g/mol. The number of likely N-dealkylation sites (tertiary alicyclic amines) is 1. The molecule has 1 heterocycles. The van der Waals surface area contributed by atoms with Crippen LogP contribution in [0, 0.1) is 17.6 Å². The van der Waals surface area contributed by atoms with Crippen LogP contribution in [0.3, 0.4) is 0 Å². The Kier molecular flexibility index (Phi) is 6.06. The number of benzene rings is 1. The van der Waals surface area contributed by atoms with Gasteiger partial charge in [0.1, 0.15) is 17.2 Å². The van der Waals surface area contributed by atoms with Gasteiger partial charge in [-0.2, -0.15) is 0 Å². The van der Waals surface area contributed by atoms with E-state index < -0.39 is 17.2 Å². The second-order valence-electron chi connectivity index (χ2n) is 7.04. The Balaban J connectivity index is 1.83. The first-order chi connectivity index (χ1) is 11.2. The number of ether oxygens (including phenoxy) is 1. The molecule has 4 nitrogen and oxygen atoms in total. The van der Waals surface area contributed by atoms with Gasteiger partial charge in [-0.25, -0.2) is 13.6 Å². The van der Waals surface area contributed by atoms with Crippen molar-refractivity contribution < 1.29 is 18.3 Å². The Hall–Kier alpha value is -1.37. The van der Waals surface area contributed by atoms with Crippen molar-refractivity contribution in [2.45, 2.75) is 39.2 Å². The Bertz CT molecular complexity index is 574. The minimum Gasteiger partial charge on any atom is -0.444 e. The highest BCUT2D eigenvalue weighted by Crippen LogP contribution is 2.28. The van der Waals surface area contributed by atoms with Crippen LogP contribution in [0.25, 0.3) is 0 Å². The van der Waals surface area contributed by atoms with E-state index in [1.54, 1.807) is 4.90 Å². The van der Waals surface area contributed by atoms with Gasteiger partial charge in [-0.05, 0) is 61.5 Å². The van der Waals surface area contributed by atoms with E-state index >= 15 is 0 Å². The van der Waals surface area contributed by atoms with Crippen molar-refractivity contribution in [2.75, 3.05) is 25.0 Å². The van der Waals surface area contributed by atoms with Gasteiger partial charge in [0.25, 0.3) is 0 Å². The molecule has 0 atom stereocenters. The molecule has 1 fully saturated rings. The molecule has 0 spiro atoms. The minimum absolute atomic E-state index is 0.269. The first-order valence-electron chi connectivity index (χ1n) is 8.02. The lowest BCUT2D eigenvalue weighted by Gasteiger charge is -2.33. The molecule has 134 valence electrons. The Morgan fingerprint density at radius 3 is 2.50 bits per heavy atom. The molecule has 0 bridgehead atoms. The molecule has 0 radical (unpaired) electrons. The van der Waals surface area contributed by atoms with E-state index in [1.165, 1.54) is 6.07 Å². The van der Waals surface area contributed by atoms with Gasteiger partial charge in [0, 0.05) is 30.2 Å². The van der Waals surface area contributed by atoms with E-state index in [0.29, 0.717) is 30.0 Å². The van der Waals surface area contributed by atoms with E-state index in [4.69, 9.17) is 4.74 Å². The van der Waals surface area contributed by atoms with Gasteiger partial charge in [-0.1, -0.05) is 0 Å². The molecule has 0 unspecified atom stereocenters. The zero-order valence-electron chi connectivity index (χ0n) is 14.2. The highest BCUT2D eigenvalue weighted by Gasteiger charge is 2.27. The summed E-state index contributed by atoms with van der Waals surface area (Å²) in [5.41, 5.74) is -0.229. The van der Waals surface area contributed by atoms with Crippen LogP contribution in [0.2, 0.25) is 0 Å². The Labute approximate surface area is 149 Å². The first kappa shape index (κ1) is 19.0. The third kappa shape index (κ3) is 5.33. The van der Waals surface area contributed by atoms with Crippen LogP contribution < -0.4 is 5.32 Å². The van der Waals surface area contributed by atoms with Crippen LogP contribution in [-0.4, -0.2) is 36.2 Å². The summed E-state index contributed by atoms with van der Waals surface area (Å²) in [7, 11) is 0. The monoisotopic (exact) mass is 404 g/mol. The second-order valence-corrected chi connectivity index (χ2v) is 7.89. The summed E-state index contributed by atoms with van der Waals surface area (Å²) < 4.78 is 32.6. The number of halogens is 3. The molecule has 0 saturated carbocycles. The lowest BCUT2D eigenvalue weighted by atomic mass is 9.97. The second kappa shape index (κ2) is 7.68. The Morgan fingerprint density at radius 1 is 1.33 bits per heavy atom. The lowest BCUT2D eigenvalue weighted by Crippen LogP contribution is -2.42. The number of rotatable bonds is 3. The zero-order valence-corrected chi connectivity index (χ0v) is 15.8. The normalized spacial score (nSPS) is 16.2. The van der Waals surface area contributed by atoms with Crippen LogP contribution in [-0.2, 0) is 4.74 Å². The van der Waals surface area contributed by atoms with Crippen LogP contribution in [0.1, 0.15) is 33.6 Å². The SMILES string of the molecule is CC(C)(C)OC(=O)N1CCC(CNc2c(F)cc(F)cc2Br)CC1. The van der Waals surface area contributed by atoms with Crippen molar-refractivity contribution in [1.29, 1.82) is 0 Å². The van der Waals surface area contributed by atoms with Crippen molar-refractivity contribution in [3.05, 3.63) is 28.2 Å². The quantitative estimate of drug-likeness (QED) is 0.787. The third-order valence-electron chi connectivity index (χ3n) is 3.84. The molecule has 1 amide bonds. The summed E-state index contributed by atoms with van der Waals surface area (Å²) in [6.45, 7) is 7.34. The number of nitrogens with one attached hydrogen (secondary N) is 1.